The molecular formula is C30H34N2O6S. The van der Waals surface area contributed by atoms with Crippen LogP contribution >= 0.6 is 11.8 Å². The molecule has 0 radical (unpaired) electrons. The van der Waals surface area contributed by atoms with Gasteiger partial charge in [-0.1, -0.05) is 18.2 Å². The SMILES string of the molecule is COc1ccc(CCNC(=O)[C@@H]2c3cc(OC)c(OC)cc3C(=O)N(C)[C@@H]2c2ccc(SC)cc2)cc1OC. The second-order valence-electron chi connectivity index (χ2n) is 9.14. The van der Waals surface area contributed by atoms with Crippen molar-refractivity contribution in [1.82, 2.24) is 10.2 Å². The molecule has 0 saturated carbocycles. The first-order valence-electron chi connectivity index (χ1n) is 12.5. The minimum atomic E-state index is -0.659. The number of likely N-dealkylation sites (N-methyl/N-ethyl adjacent to an activating group) is 1. The summed E-state index contributed by atoms with van der Waals surface area (Å²) in [6.07, 6.45) is 2.61. The average Bonchev–Trinajstić information content (AvgIpc) is 2.97. The summed E-state index contributed by atoms with van der Waals surface area (Å²) in [4.78, 5) is 30.2. The van der Waals surface area contributed by atoms with Crippen LogP contribution in [0.25, 0.3) is 0 Å². The van der Waals surface area contributed by atoms with Crippen molar-refractivity contribution in [2.75, 3.05) is 48.3 Å². The number of nitrogens with zero attached hydrogens (tertiary/aromatic N) is 1. The maximum Gasteiger partial charge on any atom is 0.254 e. The highest BCUT2D eigenvalue weighted by Gasteiger charge is 2.43. The minimum Gasteiger partial charge on any atom is -0.493 e. The van der Waals surface area contributed by atoms with Crippen LogP contribution in [0.4, 0.5) is 0 Å². The van der Waals surface area contributed by atoms with Crippen molar-refractivity contribution in [2.45, 2.75) is 23.3 Å². The highest BCUT2D eigenvalue weighted by atomic mass is 32.2. The molecule has 2 amide bonds. The Labute approximate surface area is 233 Å². The van der Waals surface area contributed by atoms with E-state index in [1.807, 2.05) is 48.7 Å². The van der Waals surface area contributed by atoms with E-state index in [9.17, 15) is 9.59 Å². The Morgan fingerprint density at radius 3 is 2.10 bits per heavy atom. The molecule has 1 heterocycles. The molecule has 3 aromatic rings. The topological polar surface area (TPSA) is 86.3 Å². The van der Waals surface area contributed by atoms with Crippen LogP contribution in [0.2, 0.25) is 0 Å². The number of rotatable bonds is 10. The third-order valence-corrected chi connectivity index (χ3v) is 7.82. The molecule has 2 atom stereocenters. The fraction of sp³-hybridized carbons (Fsp3) is 0.333. The van der Waals surface area contributed by atoms with Crippen LogP contribution in [0, 0.1) is 0 Å². The summed E-state index contributed by atoms with van der Waals surface area (Å²) in [6.45, 7) is 0.406. The number of nitrogens with one attached hydrogen (secondary N) is 1. The van der Waals surface area contributed by atoms with Crippen LogP contribution in [0.15, 0.2) is 59.5 Å². The van der Waals surface area contributed by atoms with Gasteiger partial charge in [-0.15, -0.1) is 11.8 Å². The van der Waals surface area contributed by atoms with E-state index in [1.54, 1.807) is 50.1 Å². The average molecular weight is 551 g/mol. The number of carbonyl (C=O) groups is 2. The van der Waals surface area contributed by atoms with E-state index in [0.29, 0.717) is 47.1 Å². The monoisotopic (exact) mass is 550 g/mol. The number of carbonyl (C=O) groups excluding carboxylic acids is 2. The van der Waals surface area contributed by atoms with Gasteiger partial charge in [0.2, 0.25) is 5.91 Å². The normalized spacial score (nSPS) is 16.4. The third-order valence-electron chi connectivity index (χ3n) is 7.08. The fourth-order valence-corrected chi connectivity index (χ4v) is 5.43. The fourth-order valence-electron chi connectivity index (χ4n) is 5.03. The predicted molar refractivity (Wildman–Crippen MR) is 152 cm³/mol. The van der Waals surface area contributed by atoms with Gasteiger partial charge in [-0.05, 0) is 65.8 Å². The van der Waals surface area contributed by atoms with Gasteiger partial charge >= 0.3 is 0 Å². The number of hydrogen-bond donors (Lipinski definition) is 1. The number of benzene rings is 3. The number of methoxy groups -OCH3 is 4. The first-order valence-corrected chi connectivity index (χ1v) is 13.7. The van der Waals surface area contributed by atoms with Gasteiger partial charge in [0.1, 0.15) is 0 Å². The van der Waals surface area contributed by atoms with Crippen LogP contribution in [-0.4, -0.2) is 65.0 Å². The molecule has 0 fully saturated rings. The Balaban J connectivity index is 1.68. The maximum atomic E-state index is 13.9. The van der Waals surface area contributed by atoms with Gasteiger partial charge in [0.05, 0.1) is 40.4 Å². The molecule has 0 saturated heterocycles. The number of thioether (sulfide) groups is 1. The highest BCUT2D eigenvalue weighted by Crippen LogP contribution is 2.45. The largest absolute Gasteiger partial charge is 0.493 e. The summed E-state index contributed by atoms with van der Waals surface area (Å²) < 4.78 is 21.7. The standard InChI is InChI=1S/C30H34N2O6S/c1-32-28(19-8-10-20(39-6)11-9-19)27(21-16-25(37-4)26(38-5)17-22(21)30(32)34)29(33)31-14-13-18-7-12-23(35-2)24(15-18)36-3/h7-12,15-17,27-28H,13-14H2,1-6H3,(H,31,33)/t27-,28-/m1/s1. The molecule has 0 spiro atoms. The zero-order valence-electron chi connectivity index (χ0n) is 23.1. The van der Waals surface area contributed by atoms with Crippen LogP contribution in [-0.2, 0) is 11.2 Å². The van der Waals surface area contributed by atoms with Crippen LogP contribution in [0.5, 0.6) is 23.0 Å². The van der Waals surface area contributed by atoms with Crippen molar-refractivity contribution in [1.29, 1.82) is 0 Å². The molecular weight excluding hydrogens is 516 g/mol. The predicted octanol–water partition coefficient (Wildman–Crippen LogP) is 4.71. The van der Waals surface area contributed by atoms with Crippen molar-refractivity contribution < 1.29 is 28.5 Å². The van der Waals surface area contributed by atoms with Gasteiger partial charge in [0.25, 0.3) is 5.91 Å². The van der Waals surface area contributed by atoms with Gasteiger partial charge in [-0.25, -0.2) is 0 Å². The van der Waals surface area contributed by atoms with Crippen LogP contribution < -0.4 is 24.3 Å². The maximum absolute atomic E-state index is 13.9. The lowest BCUT2D eigenvalue weighted by atomic mass is 9.79. The quantitative estimate of drug-likeness (QED) is 0.366. The van der Waals surface area contributed by atoms with Crippen molar-refractivity contribution in [3.05, 3.63) is 76.9 Å². The summed E-state index contributed by atoms with van der Waals surface area (Å²) in [5, 5.41) is 3.11. The van der Waals surface area contributed by atoms with E-state index in [0.717, 1.165) is 16.0 Å². The molecule has 4 rings (SSSR count). The van der Waals surface area contributed by atoms with Gasteiger partial charge in [-0.2, -0.15) is 0 Å². The molecule has 1 aliphatic heterocycles. The highest BCUT2D eigenvalue weighted by molar-refractivity contribution is 7.98. The lowest BCUT2D eigenvalue weighted by Gasteiger charge is -2.40. The van der Waals surface area contributed by atoms with Crippen LogP contribution in [0.3, 0.4) is 0 Å². The van der Waals surface area contributed by atoms with E-state index in [-0.39, 0.29) is 11.8 Å². The molecule has 1 N–H and O–H groups in total. The molecule has 1 aliphatic rings. The van der Waals surface area contributed by atoms with Gasteiger partial charge in [0, 0.05) is 24.1 Å². The van der Waals surface area contributed by atoms with Crippen molar-refractivity contribution >= 4 is 23.6 Å². The van der Waals surface area contributed by atoms with Gasteiger partial charge in [0.15, 0.2) is 23.0 Å². The molecule has 9 heteroatoms. The first-order chi connectivity index (χ1) is 18.9. The third kappa shape index (κ3) is 5.63. The van der Waals surface area contributed by atoms with E-state index in [1.165, 1.54) is 14.2 Å². The van der Waals surface area contributed by atoms with E-state index in [4.69, 9.17) is 18.9 Å². The lowest BCUT2D eigenvalue weighted by Crippen LogP contribution is -2.46. The number of amides is 2. The Morgan fingerprint density at radius 2 is 1.49 bits per heavy atom. The van der Waals surface area contributed by atoms with Gasteiger partial charge < -0.3 is 29.2 Å². The number of hydrogen-bond acceptors (Lipinski definition) is 7. The molecule has 0 unspecified atom stereocenters. The Morgan fingerprint density at radius 1 is 0.872 bits per heavy atom. The summed E-state index contributed by atoms with van der Waals surface area (Å²) in [5.74, 6) is 1.17. The smallest absolute Gasteiger partial charge is 0.254 e. The second-order valence-corrected chi connectivity index (χ2v) is 10.0. The van der Waals surface area contributed by atoms with E-state index < -0.39 is 12.0 Å². The first kappa shape index (κ1) is 28.2. The molecule has 0 aromatic heterocycles. The molecule has 39 heavy (non-hydrogen) atoms. The molecule has 0 aliphatic carbocycles. The Kier molecular flexibility index (Phi) is 8.91. The zero-order chi connectivity index (χ0) is 28.1. The number of ether oxygens (including phenoxy) is 4. The van der Waals surface area contributed by atoms with E-state index >= 15 is 0 Å². The molecule has 8 nitrogen and oxygen atoms in total. The summed E-state index contributed by atoms with van der Waals surface area (Å²) in [5.41, 5.74) is 2.91. The van der Waals surface area contributed by atoms with Crippen molar-refractivity contribution in [3.63, 3.8) is 0 Å². The second kappa shape index (κ2) is 12.3. The molecule has 0 bridgehead atoms. The number of fused-ring (bicyclic) bond motifs is 1. The summed E-state index contributed by atoms with van der Waals surface area (Å²) in [7, 11) is 7.99. The Hall–Kier alpha value is -3.85. The molecule has 3 aromatic carbocycles. The van der Waals surface area contributed by atoms with Crippen molar-refractivity contribution in [3.8, 4) is 23.0 Å². The Bertz CT molecular complexity index is 1340. The summed E-state index contributed by atoms with van der Waals surface area (Å²) in [6, 6.07) is 16.6. The van der Waals surface area contributed by atoms with Crippen molar-refractivity contribution in [2.24, 2.45) is 0 Å². The van der Waals surface area contributed by atoms with E-state index in [2.05, 4.69) is 5.32 Å². The minimum absolute atomic E-state index is 0.178. The van der Waals surface area contributed by atoms with Crippen LogP contribution in [0.1, 0.15) is 39.0 Å². The van der Waals surface area contributed by atoms with Gasteiger partial charge in [-0.3, -0.25) is 9.59 Å². The zero-order valence-corrected chi connectivity index (χ0v) is 23.9. The molecule has 206 valence electrons. The lowest BCUT2D eigenvalue weighted by molar-refractivity contribution is -0.124. The summed E-state index contributed by atoms with van der Waals surface area (Å²) >= 11 is 1.64.